The van der Waals surface area contributed by atoms with Gasteiger partial charge in [0.05, 0.1) is 5.92 Å². The maximum absolute atomic E-state index is 11.3. The van der Waals surface area contributed by atoms with E-state index in [0.717, 1.165) is 19.3 Å². The van der Waals surface area contributed by atoms with Gasteiger partial charge in [0.25, 0.3) is 0 Å². The maximum Gasteiger partial charge on any atom is 0.309 e. The lowest BCUT2D eigenvalue weighted by molar-refractivity contribution is -0.149. The molecule has 0 radical (unpaired) electrons. The summed E-state index contributed by atoms with van der Waals surface area (Å²) in [7, 11) is 0. The predicted molar refractivity (Wildman–Crippen MR) is 50.1 cm³/mol. The Morgan fingerprint density at radius 2 is 2.00 bits per heavy atom. The first-order valence-electron chi connectivity index (χ1n) is 4.93. The third-order valence-corrected chi connectivity index (χ3v) is 3.32. The van der Waals surface area contributed by atoms with E-state index in [9.17, 15) is 4.79 Å². The fraction of sp³-hybridized carbons (Fsp3) is 0.727. The normalized spacial score (nSPS) is 44.5. The Morgan fingerprint density at radius 3 is 2.38 bits per heavy atom. The second kappa shape index (κ2) is 2.60. The van der Waals surface area contributed by atoms with Crippen molar-refractivity contribution in [1.82, 2.24) is 0 Å². The van der Waals surface area contributed by atoms with Crippen LogP contribution in [0.1, 0.15) is 33.1 Å². The molecular weight excluding hydrogens is 164 g/mol. The minimum absolute atomic E-state index is 0.0260. The van der Waals surface area contributed by atoms with Crippen molar-refractivity contribution in [3.05, 3.63) is 12.2 Å². The van der Waals surface area contributed by atoms with Crippen molar-refractivity contribution < 1.29 is 9.53 Å². The van der Waals surface area contributed by atoms with Gasteiger partial charge in [0, 0.05) is 12.8 Å². The highest BCUT2D eigenvalue weighted by atomic mass is 16.6. The molecular formula is C11H16O2. The number of hydrogen-bond acceptors (Lipinski definition) is 2. The average molecular weight is 180 g/mol. The summed E-state index contributed by atoms with van der Waals surface area (Å²) in [6, 6.07) is 0. The van der Waals surface area contributed by atoms with Crippen LogP contribution in [0.4, 0.5) is 0 Å². The van der Waals surface area contributed by atoms with Gasteiger partial charge in [-0.15, -0.1) is 0 Å². The summed E-state index contributed by atoms with van der Waals surface area (Å²) in [5, 5.41) is 0. The molecule has 0 N–H and O–H groups in total. The minimum atomic E-state index is -0.174. The van der Waals surface area contributed by atoms with E-state index in [2.05, 4.69) is 13.5 Å². The first-order valence-corrected chi connectivity index (χ1v) is 4.93. The fourth-order valence-corrected chi connectivity index (χ4v) is 2.59. The summed E-state index contributed by atoms with van der Waals surface area (Å²) in [5.74, 6) is 0.568. The van der Waals surface area contributed by atoms with E-state index < -0.39 is 0 Å². The van der Waals surface area contributed by atoms with Crippen LogP contribution in [0.2, 0.25) is 0 Å². The molecule has 2 aliphatic rings. The summed E-state index contributed by atoms with van der Waals surface area (Å²) < 4.78 is 5.46. The summed E-state index contributed by atoms with van der Waals surface area (Å²) >= 11 is 0. The van der Waals surface area contributed by atoms with Crippen molar-refractivity contribution in [3.63, 3.8) is 0 Å². The van der Waals surface area contributed by atoms with Crippen molar-refractivity contribution in [1.29, 1.82) is 0 Å². The summed E-state index contributed by atoms with van der Waals surface area (Å²) in [6.45, 7) is 8.12. The van der Waals surface area contributed by atoms with E-state index in [1.54, 1.807) is 0 Å². The molecule has 0 amide bonds. The largest absolute Gasteiger partial charge is 0.458 e. The van der Waals surface area contributed by atoms with E-state index in [-0.39, 0.29) is 17.5 Å². The molecule has 3 atom stereocenters. The van der Waals surface area contributed by atoms with E-state index in [1.807, 2.05) is 6.92 Å². The van der Waals surface area contributed by atoms with Crippen LogP contribution < -0.4 is 0 Å². The molecule has 2 rings (SSSR count). The van der Waals surface area contributed by atoms with E-state index in [4.69, 9.17) is 4.74 Å². The molecule has 1 heterocycles. The topological polar surface area (TPSA) is 26.3 Å². The quantitative estimate of drug-likeness (QED) is 0.422. The molecule has 0 bridgehead atoms. The van der Waals surface area contributed by atoms with Gasteiger partial charge in [0.2, 0.25) is 0 Å². The summed E-state index contributed by atoms with van der Waals surface area (Å²) in [5.41, 5.74) is 1.06. The van der Waals surface area contributed by atoms with Gasteiger partial charge in [-0.05, 0) is 12.3 Å². The first-order chi connectivity index (χ1) is 6.02. The molecule has 2 heteroatoms. The first kappa shape index (κ1) is 8.79. The molecule has 2 fully saturated rings. The zero-order chi connectivity index (χ0) is 9.64. The predicted octanol–water partition coefficient (Wildman–Crippen LogP) is 2.29. The lowest BCUT2D eigenvalue weighted by Crippen LogP contribution is -2.24. The highest BCUT2D eigenvalue weighted by Gasteiger charge is 2.49. The van der Waals surface area contributed by atoms with Gasteiger partial charge in [-0.3, -0.25) is 4.79 Å². The molecule has 2 unspecified atom stereocenters. The summed E-state index contributed by atoms with van der Waals surface area (Å²) in [6.07, 6.45) is 2.74. The van der Waals surface area contributed by atoms with Crippen molar-refractivity contribution >= 4 is 5.97 Å². The van der Waals surface area contributed by atoms with E-state index in [0.29, 0.717) is 5.92 Å². The highest BCUT2D eigenvalue weighted by molar-refractivity contribution is 5.75. The standard InChI is InChI=1S/C11H16O2/c1-7-4-11(5-8(7)2)6-9(3)10(12)13-11/h8-9H,1,4-6H2,2-3H3/t8?,9?,11-/m0/s1. The van der Waals surface area contributed by atoms with Crippen LogP contribution >= 0.6 is 0 Å². The summed E-state index contributed by atoms with van der Waals surface area (Å²) in [4.78, 5) is 11.3. The van der Waals surface area contributed by atoms with Crippen LogP contribution in [0.25, 0.3) is 0 Å². The Labute approximate surface area is 79.0 Å². The molecule has 0 aromatic rings. The van der Waals surface area contributed by atoms with Gasteiger partial charge >= 0.3 is 5.97 Å². The van der Waals surface area contributed by atoms with Crippen molar-refractivity contribution in [3.8, 4) is 0 Å². The van der Waals surface area contributed by atoms with Gasteiger partial charge < -0.3 is 4.74 Å². The monoisotopic (exact) mass is 180 g/mol. The fourth-order valence-electron chi connectivity index (χ4n) is 2.59. The molecule has 2 nitrogen and oxygen atoms in total. The zero-order valence-electron chi connectivity index (χ0n) is 8.30. The lowest BCUT2D eigenvalue weighted by Gasteiger charge is -2.20. The minimum Gasteiger partial charge on any atom is -0.458 e. The van der Waals surface area contributed by atoms with Crippen molar-refractivity contribution in [2.24, 2.45) is 11.8 Å². The second-order valence-electron chi connectivity index (χ2n) is 4.65. The molecule has 1 spiro atoms. The van der Waals surface area contributed by atoms with Gasteiger partial charge in [-0.2, -0.15) is 0 Å². The number of carbonyl (C=O) groups is 1. The SMILES string of the molecule is C=C1C[C@]2(CC1C)CC(C)C(=O)O2. The van der Waals surface area contributed by atoms with Gasteiger partial charge in [-0.25, -0.2) is 0 Å². The molecule has 0 aromatic carbocycles. The Morgan fingerprint density at radius 1 is 1.38 bits per heavy atom. The molecule has 1 aliphatic carbocycles. The number of carbonyl (C=O) groups excluding carboxylic acids is 1. The lowest BCUT2D eigenvalue weighted by atomic mass is 9.93. The number of esters is 1. The van der Waals surface area contributed by atoms with Gasteiger partial charge in [0.1, 0.15) is 5.60 Å². The molecule has 1 saturated carbocycles. The van der Waals surface area contributed by atoms with Gasteiger partial charge in [0.15, 0.2) is 0 Å². The van der Waals surface area contributed by atoms with E-state index in [1.165, 1.54) is 5.57 Å². The van der Waals surface area contributed by atoms with E-state index >= 15 is 0 Å². The molecule has 1 aliphatic heterocycles. The number of ether oxygens (including phenoxy) is 1. The Bertz CT molecular complexity index is 239. The van der Waals surface area contributed by atoms with Crippen LogP contribution in [0, 0.1) is 11.8 Å². The van der Waals surface area contributed by atoms with Crippen LogP contribution in [-0.2, 0) is 9.53 Å². The number of hydrogen-bond donors (Lipinski definition) is 0. The highest BCUT2D eigenvalue weighted by Crippen LogP contribution is 2.47. The molecule has 13 heavy (non-hydrogen) atoms. The van der Waals surface area contributed by atoms with Crippen LogP contribution in [0.5, 0.6) is 0 Å². The Hall–Kier alpha value is -0.790. The Kier molecular flexibility index (Phi) is 1.76. The molecule has 1 saturated heterocycles. The smallest absolute Gasteiger partial charge is 0.309 e. The third-order valence-electron chi connectivity index (χ3n) is 3.32. The second-order valence-corrected chi connectivity index (χ2v) is 4.65. The van der Waals surface area contributed by atoms with Crippen LogP contribution in [-0.4, -0.2) is 11.6 Å². The van der Waals surface area contributed by atoms with Crippen LogP contribution in [0.15, 0.2) is 12.2 Å². The third kappa shape index (κ3) is 1.28. The maximum atomic E-state index is 11.3. The average Bonchev–Trinajstić information content (AvgIpc) is 2.39. The van der Waals surface area contributed by atoms with Crippen molar-refractivity contribution in [2.75, 3.05) is 0 Å². The Balaban J connectivity index is 2.17. The molecule has 72 valence electrons. The molecule has 0 aromatic heterocycles. The van der Waals surface area contributed by atoms with Gasteiger partial charge in [-0.1, -0.05) is 26.0 Å². The number of rotatable bonds is 0. The van der Waals surface area contributed by atoms with Crippen LogP contribution in [0.3, 0.4) is 0 Å². The van der Waals surface area contributed by atoms with Crippen molar-refractivity contribution in [2.45, 2.75) is 38.7 Å². The zero-order valence-corrected chi connectivity index (χ0v) is 8.30.